The average Bonchev–Trinajstić information content (AvgIpc) is 3.07. The highest BCUT2D eigenvalue weighted by Crippen LogP contribution is 2.22. The number of rotatable bonds is 9. The Hall–Kier alpha value is -1.66. The summed E-state index contributed by atoms with van der Waals surface area (Å²) >= 11 is 0. The molecule has 6 heteroatoms. The Kier molecular flexibility index (Phi) is 7.07. The summed E-state index contributed by atoms with van der Waals surface area (Å²) < 4.78 is 0. The number of nitrogen functional groups attached to an aromatic ring is 1. The summed E-state index contributed by atoms with van der Waals surface area (Å²) in [4.78, 5) is 17.7. The zero-order chi connectivity index (χ0) is 19.2. The number of unbranched alkanes of at least 4 members (excludes halogenated alkanes) is 2. The second kappa shape index (κ2) is 9.51. The fraction of sp³-hybridized carbons (Fsp3) is 0.714. The summed E-state index contributed by atoms with van der Waals surface area (Å²) in [7, 11) is 0. The number of aryl methyl sites for hydroxylation is 2. The molecule has 1 aliphatic rings. The fourth-order valence-corrected chi connectivity index (χ4v) is 3.92. The first-order valence-corrected chi connectivity index (χ1v) is 10.7. The Morgan fingerprint density at radius 3 is 2.56 bits per heavy atom. The Morgan fingerprint density at radius 1 is 1.07 bits per heavy atom. The maximum Gasteiger partial charge on any atom is 0.151 e. The van der Waals surface area contributed by atoms with Gasteiger partial charge < -0.3 is 15.6 Å². The van der Waals surface area contributed by atoms with E-state index in [0.29, 0.717) is 11.9 Å². The lowest BCUT2D eigenvalue weighted by Crippen LogP contribution is -2.48. The molecule has 0 amide bonds. The van der Waals surface area contributed by atoms with Gasteiger partial charge in [0.15, 0.2) is 5.82 Å². The van der Waals surface area contributed by atoms with Crippen molar-refractivity contribution in [2.45, 2.75) is 65.3 Å². The van der Waals surface area contributed by atoms with Crippen molar-refractivity contribution in [2.24, 2.45) is 0 Å². The molecular weight excluding hydrogens is 336 g/mol. The summed E-state index contributed by atoms with van der Waals surface area (Å²) in [5, 5.41) is 0. The Labute approximate surface area is 163 Å². The monoisotopic (exact) mass is 372 g/mol. The van der Waals surface area contributed by atoms with Gasteiger partial charge in [-0.05, 0) is 51.6 Å². The van der Waals surface area contributed by atoms with Crippen LogP contribution < -0.4 is 5.73 Å². The molecule has 1 saturated heterocycles. The van der Waals surface area contributed by atoms with Crippen molar-refractivity contribution >= 4 is 16.9 Å². The molecule has 27 heavy (non-hydrogen) atoms. The molecule has 3 heterocycles. The van der Waals surface area contributed by atoms with E-state index in [2.05, 4.69) is 46.7 Å². The summed E-state index contributed by atoms with van der Waals surface area (Å²) in [6.45, 7) is 12.8. The molecule has 0 aliphatic carbocycles. The highest BCUT2D eigenvalue weighted by atomic mass is 15.3. The van der Waals surface area contributed by atoms with Gasteiger partial charge in [0.1, 0.15) is 11.3 Å². The number of nitrogens with one attached hydrogen (secondary N) is 1. The van der Waals surface area contributed by atoms with E-state index in [1.165, 1.54) is 51.1 Å². The van der Waals surface area contributed by atoms with E-state index in [4.69, 9.17) is 10.7 Å². The number of fused-ring (bicyclic) bond motifs is 1. The van der Waals surface area contributed by atoms with Crippen LogP contribution in [-0.2, 0) is 12.8 Å². The number of anilines is 1. The first kappa shape index (κ1) is 20.1. The van der Waals surface area contributed by atoms with Crippen molar-refractivity contribution in [1.29, 1.82) is 0 Å². The molecule has 2 aromatic rings. The molecule has 0 aromatic carbocycles. The minimum absolute atomic E-state index is 0.584. The number of hydrogen-bond acceptors (Lipinski definition) is 5. The number of aromatic nitrogens is 3. The average molecular weight is 373 g/mol. The van der Waals surface area contributed by atoms with Crippen LogP contribution in [0.2, 0.25) is 0 Å². The minimum atomic E-state index is 0.584. The number of aromatic amines is 1. The van der Waals surface area contributed by atoms with E-state index in [1.807, 2.05) is 0 Å². The predicted octanol–water partition coefficient (Wildman–Crippen LogP) is 3.23. The summed E-state index contributed by atoms with van der Waals surface area (Å²) in [6, 6.07) is 0.672. The third-order valence-corrected chi connectivity index (χ3v) is 5.74. The topological polar surface area (TPSA) is 74.1 Å². The number of nitrogens with zero attached hydrogens (tertiary/aromatic N) is 4. The normalized spacial score (nSPS) is 16.6. The zero-order valence-corrected chi connectivity index (χ0v) is 17.3. The lowest BCUT2D eigenvalue weighted by Gasteiger charge is -2.36. The van der Waals surface area contributed by atoms with Crippen LogP contribution in [0, 0.1) is 0 Å². The van der Waals surface area contributed by atoms with Crippen LogP contribution in [0.15, 0.2) is 6.20 Å². The second-order valence-electron chi connectivity index (χ2n) is 8.09. The van der Waals surface area contributed by atoms with Crippen molar-refractivity contribution in [3.63, 3.8) is 0 Å². The molecule has 0 radical (unpaired) electrons. The predicted molar refractivity (Wildman–Crippen MR) is 113 cm³/mol. The van der Waals surface area contributed by atoms with Crippen LogP contribution in [0.5, 0.6) is 0 Å². The molecule has 0 spiro atoms. The quantitative estimate of drug-likeness (QED) is 0.661. The van der Waals surface area contributed by atoms with Crippen molar-refractivity contribution in [2.75, 3.05) is 38.5 Å². The maximum absolute atomic E-state index is 6.13. The second-order valence-corrected chi connectivity index (χ2v) is 8.09. The Morgan fingerprint density at radius 2 is 1.85 bits per heavy atom. The molecule has 0 bridgehead atoms. The van der Waals surface area contributed by atoms with E-state index >= 15 is 0 Å². The van der Waals surface area contributed by atoms with Gasteiger partial charge in [-0.25, -0.2) is 9.97 Å². The Balaban J connectivity index is 1.49. The lowest BCUT2D eigenvalue weighted by molar-refractivity contribution is 0.107. The molecule has 3 rings (SSSR count). The molecule has 6 nitrogen and oxygen atoms in total. The smallest absolute Gasteiger partial charge is 0.151 e. The lowest BCUT2D eigenvalue weighted by atomic mass is 10.1. The van der Waals surface area contributed by atoms with E-state index in [0.717, 1.165) is 42.5 Å². The number of hydrogen-bond donors (Lipinski definition) is 2. The van der Waals surface area contributed by atoms with Gasteiger partial charge in [-0.1, -0.05) is 13.3 Å². The van der Waals surface area contributed by atoms with Crippen molar-refractivity contribution in [3.8, 4) is 0 Å². The van der Waals surface area contributed by atoms with Crippen molar-refractivity contribution < 1.29 is 0 Å². The Bertz CT molecular complexity index is 715. The molecule has 2 aromatic heterocycles. The molecule has 3 N–H and O–H groups in total. The van der Waals surface area contributed by atoms with Gasteiger partial charge in [0.05, 0.1) is 5.52 Å². The SMILES string of the molecule is CCCCc1nc(N)c2[nH]cc(CCCCN3CCN(C(C)C)CC3)c2n1. The fourth-order valence-electron chi connectivity index (χ4n) is 3.92. The molecule has 1 fully saturated rings. The van der Waals surface area contributed by atoms with Crippen LogP contribution in [0.4, 0.5) is 5.82 Å². The van der Waals surface area contributed by atoms with Gasteiger partial charge in [-0.3, -0.25) is 4.90 Å². The van der Waals surface area contributed by atoms with Gasteiger partial charge in [0.2, 0.25) is 0 Å². The van der Waals surface area contributed by atoms with Gasteiger partial charge in [-0.2, -0.15) is 0 Å². The first-order valence-electron chi connectivity index (χ1n) is 10.7. The molecular formula is C21H36N6. The first-order chi connectivity index (χ1) is 13.1. The molecule has 1 aliphatic heterocycles. The van der Waals surface area contributed by atoms with Crippen LogP contribution >= 0.6 is 0 Å². The van der Waals surface area contributed by atoms with E-state index in [9.17, 15) is 0 Å². The minimum Gasteiger partial charge on any atom is -0.382 e. The van der Waals surface area contributed by atoms with Gasteiger partial charge >= 0.3 is 0 Å². The third kappa shape index (κ3) is 5.20. The highest BCUT2D eigenvalue weighted by Gasteiger charge is 2.18. The van der Waals surface area contributed by atoms with E-state index < -0.39 is 0 Å². The zero-order valence-electron chi connectivity index (χ0n) is 17.3. The highest BCUT2D eigenvalue weighted by molar-refractivity contribution is 5.87. The largest absolute Gasteiger partial charge is 0.382 e. The summed E-state index contributed by atoms with van der Waals surface area (Å²) in [5.74, 6) is 1.46. The molecule has 0 atom stereocenters. The molecule has 150 valence electrons. The number of H-pyrrole nitrogens is 1. The molecule has 0 unspecified atom stereocenters. The standard InChI is InChI=1S/C21H36N6/c1-4-5-9-18-24-19-17(15-23-20(19)21(22)25-18)8-6-7-10-26-11-13-27(14-12-26)16(2)3/h15-16,23H,4-14H2,1-3H3,(H2,22,24,25). The summed E-state index contributed by atoms with van der Waals surface area (Å²) in [6.07, 6.45) is 8.70. The van der Waals surface area contributed by atoms with Crippen LogP contribution in [-0.4, -0.2) is 63.5 Å². The van der Waals surface area contributed by atoms with Crippen molar-refractivity contribution in [3.05, 3.63) is 17.6 Å². The van der Waals surface area contributed by atoms with E-state index in [1.54, 1.807) is 0 Å². The van der Waals surface area contributed by atoms with Crippen molar-refractivity contribution in [1.82, 2.24) is 24.8 Å². The van der Waals surface area contributed by atoms with Gasteiger partial charge in [0, 0.05) is 44.8 Å². The van der Waals surface area contributed by atoms with Crippen LogP contribution in [0.1, 0.15) is 57.8 Å². The van der Waals surface area contributed by atoms with Crippen LogP contribution in [0.3, 0.4) is 0 Å². The number of nitrogens with two attached hydrogens (primary N) is 1. The van der Waals surface area contributed by atoms with E-state index in [-0.39, 0.29) is 0 Å². The van der Waals surface area contributed by atoms with Gasteiger partial charge in [0.25, 0.3) is 0 Å². The number of piperazine rings is 1. The molecule has 0 saturated carbocycles. The van der Waals surface area contributed by atoms with Gasteiger partial charge in [-0.15, -0.1) is 0 Å². The summed E-state index contributed by atoms with van der Waals surface area (Å²) in [5.41, 5.74) is 9.34. The van der Waals surface area contributed by atoms with Crippen LogP contribution in [0.25, 0.3) is 11.0 Å². The third-order valence-electron chi connectivity index (χ3n) is 5.74. The maximum atomic E-state index is 6.13.